The number of imidazole rings is 1. The Balaban J connectivity index is 1.51. The molecular weight excluding hydrogens is 364 g/mol. The maximum Gasteiger partial charge on any atom is 0.251 e. The summed E-state index contributed by atoms with van der Waals surface area (Å²) in [6.45, 7) is 5.08. The van der Waals surface area contributed by atoms with Crippen LogP contribution in [0, 0.1) is 0 Å². The van der Waals surface area contributed by atoms with Crippen molar-refractivity contribution in [3.63, 3.8) is 0 Å². The average molecular weight is 390 g/mol. The van der Waals surface area contributed by atoms with Gasteiger partial charge < -0.3 is 14.8 Å². The number of carbonyl (C=O) groups is 1. The smallest absolute Gasteiger partial charge is 0.251 e. The first-order valence-electron chi connectivity index (χ1n) is 10.1. The summed E-state index contributed by atoms with van der Waals surface area (Å²) < 4.78 is 2.21. The van der Waals surface area contributed by atoms with Crippen LogP contribution in [0.2, 0.25) is 0 Å². The largest absolute Gasteiger partial charge is 0.356 e. The average Bonchev–Trinajstić information content (AvgIpc) is 3.23. The van der Waals surface area contributed by atoms with Gasteiger partial charge in [0.25, 0.3) is 5.91 Å². The van der Waals surface area contributed by atoms with Crippen LogP contribution in [0.25, 0.3) is 0 Å². The highest BCUT2D eigenvalue weighted by Gasteiger charge is 2.26. The Kier molecular flexibility index (Phi) is 5.84. The molecule has 1 unspecified atom stereocenters. The summed E-state index contributed by atoms with van der Waals surface area (Å²) in [4.78, 5) is 27.8. The molecule has 1 saturated heterocycles. The van der Waals surface area contributed by atoms with Crippen molar-refractivity contribution in [2.75, 3.05) is 24.5 Å². The van der Waals surface area contributed by atoms with E-state index in [0.717, 1.165) is 49.7 Å². The van der Waals surface area contributed by atoms with Gasteiger partial charge in [-0.2, -0.15) is 0 Å². The van der Waals surface area contributed by atoms with E-state index in [9.17, 15) is 4.79 Å². The van der Waals surface area contributed by atoms with Crippen molar-refractivity contribution in [3.8, 4) is 0 Å². The molecule has 0 saturated carbocycles. The Morgan fingerprint density at radius 3 is 3.00 bits per heavy atom. The molecule has 1 aliphatic heterocycles. The summed E-state index contributed by atoms with van der Waals surface area (Å²) >= 11 is 0. The second-order valence-corrected chi connectivity index (χ2v) is 7.32. The number of anilines is 1. The summed E-state index contributed by atoms with van der Waals surface area (Å²) in [6.07, 6.45) is 11.5. The second kappa shape index (κ2) is 8.86. The van der Waals surface area contributed by atoms with E-state index in [2.05, 4.69) is 35.8 Å². The molecule has 1 N–H and O–H groups in total. The van der Waals surface area contributed by atoms with E-state index in [1.807, 2.05) is 37.6 Å². The number of rotatable bonds is 6. The van der Waals surface area contributed by atoms with Crippen LogP contribution in [0.3, 0.4) is 0 Å². The number of nitrogens with zero attached hydrogens (tertiary/aromatic N) is 5. The van der Waals surface area contributed by atoms with E-state index in [1.54, 1.807) is 18.5 Å². The molecule has 1 aliphatic rings. The zero-order chi connectivity index (χ0) is 20.1. The van der Waals surface area contributed by atoms with Crippen LogP contribution in [-0.4, -0.2) is 45.1 Å². The maximum absolute atomic E-state index is 12.2. The van der Waals surface area contributed by atoms with Crippen molar-refractivity contribution in [1.82, 2.24) is 24.8 Å². The maximum atomic E-state index is 12.2. The topological polar surface area (TPSA) is 75.9 Å². The van der Waals surface area contributed by atoms with Crippen molar-refractivity contribution >= 4 is 11.7 Å². The molecule has 0 bridgehead atoms. The number of nitrogens with one attached hydrogen (secondary N) is 1. The van der Waals surface area contributed by atoms with Gasteiger partial charge in [-0.3, -0.25) is 9.78 Å². The van der Waals surface area contributed by atoms with Gasteiger partial charge in [-0.15, -0.1) is 0 Å². The van der Waals surface area contributed by atoms with Gasteiger partial charge in [0, 0.05) is 62.1 Å². The third-order valence-electron chi connectivity index (χ3n) is 5.28. The minimum absolute atomic E-state index is 0.0586. The highest BCUT2D eigenvalue weighted by molar-refractivity contribution is 5.94. The monoisotopic (exact) mass is 390 g/mol. The molecule has 0 aromatic carbocycles. The molecular formula is C22H26N6O. The van der Waals surface area contributed by atoms with Crippen LogP contribution in [-0.2, 0) is 6.54 Å². The fourth-order valence-corrected chi connectivity index (χ4v) is 3.89. The molecule has 0 spiro atoms. The first-order chi connectivity index (χ1) is 14.2. The lowest BCUT2D eigenvalue weighted by molar-refractivity contribution is 0.0955. The molecule has 4 rings (SSSR count). The zero-order valence-corrected chi connectivity index (χ0v) is 16.7. The number of amides is 1. The standard InChI is InChI=1S/C22H26N6O/c1-2-24-22(29)18-7-9-25-20(13-18)27-11-4-6-19(16-27)21-26-10-12-28(21)15-17-5-3-8-23-14-17/h3,5,7-10,12-14,19H,2,4,6,11,15-16H2,1H3,(H,24,29). The molecule has 1 amide bonds. The van der Waals surface area contributed by atoms with E-state index in [-0.39, 0.29) is 5.91 Å². The molecule has 150 valence electrons. The fraction of sp³-hybridized carbons (Fsp3) is 0.364. The molecule has 4 heterocycles. The lowest BCUT2D eigenvalue weighted by Gasteiger charge is -2.33. The predicted octanol–water partition coefficient (Wildman–Crippen LogP) is 2.86. The summed E-state index contributed by atoms with van der Waals surface area (Å²) in [5.74, 6) is 2.21. The van der Waals surface area contributed by atoms with E-state index in [1.165, 1.54) is 0 Å². The fourth-order valence-electron chi connectivity index (χ4n) is 3.89. The molecule has 29 heavy (non-hydrogen) atoms. The minimum Gasteiger partial charge on any atom is -0.356 e. The molecule has 1 atom stereocenters. The molecule has 1 fully saturated rings. The van der Waals surface area contributed by atoms with Gasteiger partial charge in [-0.05, 0) is 43.5 Å². The number of piperidine rings is 1. The van der Waals surface area contributed by atoms with E-state index >= 15 is 0 Å². The van der Waals surface area contributed by atoms with Crippen LogP contribution in [0.15, 0.2) is 55.2 Å². The van der Waals surface area contributed by atoms with Crippen LogP contribution >= 0.6 is 0 Å². The van der Waals surface area contributed by atoms with Crippen LogP contribution in [0.4, 0.5) is 5.82 Å². The van der Waals surface area contributed by atoms with Gasteiger partial charge in [0.05, 0.1) is 6.54 Å². The summed E-state index contributed by atoms with van der Waals surface area (Å²) in [5, 5.41) is 2.85. The highest BCUT2D eigenvalue weighted by atomic mass is 16.1. The van der Waals surface area contributed by atoms with Crippen molar-refractivity contribution in [2.24, 2.45) is 0 Å². The van der Waals surface area contributed by atoms with Crippen molar-refractivity contribution in [2.45, 2.75) is 32.2 Å². The van der Waals surface area contributed by atoms with Gasteiger partial charge in [-0.25, -0.2) is 9.97 Å². The Bertz CT molecular complexity index is 955. The lowest BCUT2D eigenvalue weighted by Crippen LogP contribution is -2.36. The summed E-state index contributed by atoms with van der Waals surface area (Å²) in [6, 6.07) is 7.69. The molecule has 3 aromatic rings. The van der Waals surface area contributed by atoms with Crippen LogP contribution in [0.1, 0.15) is 47.4 Å². The van der Waals surface area contributed by atoms with Gasteiger partial charge in [0.15, 0.2) is 0 Å². The Hall–Kier alpha value is -3.22. The van der Waals surface area contributed by atoms with Crippen molar-refractivity contribution < 1.29 is 4.79 Å². The lowest BCUT2D eigenvalue weighted by atomic mass is 9.97. The Morgan fingerprint density at radius 1 is 1.24 bits per heavy atom. The van der Waals surface area contributed by atoms with E-state index < -0.39 is 0 Å². The van der Waals surface area contributed by atoms with E-state index in [4.69, 9.17) is 0 Å². The Morgan fingerprint density at radius 2 is 2.17 bits per heavy atom. The quantitative estimate of drug-likeness (QED) is 0.700. The summed E-state index contributed by atoms with van der Waals surface area (Å²) in [7, 11) is 0. The van der Waals surface area contributed by atoms with Gasteiger partial charge in [-0.1, -0.05) is 6.07 Å². The third kappa shape index (κ3) is 4.45. The van der Waals surface area contributed by atoms with Crippen molar-refractivity contribution in [3.05, 3.63) is 72.2 Å². The van der Waals surface area contributed by atoms with Crippen molar-refractivity contribution in [1.29, 1.82) is 0 Å². The van der Waals surface area contributed by atoms with Crippen LogP contribution < -0.4 is 10.2 Å². The number of aromatic nitrogens is 4. The molecule has 7 heteroatoms. The number of hydrogen-bond acceptors (Lipinski definition) is 5. The Labute approximate surface area is 170 Å². The minimum atomic E-state index is -0.0586. The first kappa shape index (κ1) is 19.1. The molecule has 0 aliphatic carbocycles. The van der Waals surface area contributed by atoms with Gasteiger partial charge >= 0.3 is 0 Å². The SMILES string of the molecule is CCNC(=O)c1ccnc(N2CCCC(c3nccn3Cc3cccnc3)C2)c1. The number of pyridine rings is 2. The normalized spacial score (nSPS) is 16.6. The summed E-state index contributed by atoms with van der Waals surface area (Å²) in [5.41, 5.74) is 1.81. The predicted molar refractivity (Wildman–Crippen MR) is 112 cm³/mol. The van der Waals surface area contributed by atoms with E-state index in [0.29, 0.717) is 18.0 Å². The first-order valence-corrected chi connectivity index (χ1v) is 10.1. The highest BCUT2D eigenvalue weighted by Crippen LogP contribution is 2.29. The molecule has 7 nitrogen and oxygen atoms in total. The molecule has 0 radical (unpaired) electrons. The van der Waals surface area contributed by atoms with Crippen LogP contribution in [0.5, 0.6) is 0 Å². The second-order valence-electron chi connectivity index (χ2n) is 7.32. The third-order valence-corrected chi connectivity index (χ3v) is 5.28. The zero-order valence-electron chi connectivity index (χ0n) is 16.7. The molecule has 3 aromatic heterocycles. The number of hydrogen-bond donors (Lipinski definition) is 1. The number of carbonyl (C=O) groups excluding carboxylic acids is 1. The van der Waals surface area contributed by atoms with Gasteiger partial charge in [0.1, 0.15) is 11.6 Å². The van der Waals surface area contributed by atoms with Gasteiger partial charge in [0.2, 0.25) is 0 Å².